The van der Waals surface area contributed by atoms with Crippen molar-refractivity contribution in [2.45, 2.75) is 16.3 Å². The first-order valence-corrected chi connectivity index (χ1v) is 6.79. The summed E-state index contributed by atoms with van der Waals surface area (Å²) in [4.78, 5) is 3.55. The van der Waals surface area contributed by atoms with Crippen LogP contribution in [0, 0.1) is 0 Å². The Morgan fingerprint density at radius 1 is 1.00 bits per heavy atom. The molecule has 0 spiro atoms. The highest BCUT2D eigenvalue weighted by molar-refractivity contribution is 7.91. The molecule has 0 fully saturated rings. The molecule has 1 heterocycles. The Labute approximate surface area is 112 Å². The number of ether oxygens (including phenoxy) is 1. The molecule has 2 rings (SSSR count). The fraction of sp³-hybridized carbons (Fsp3) is 0.0833. The monoisotopic (exact) mass is 303 g/mol. The smallest absolute Gasteiger partial charge is 0.406 e. The molecule has 2 aromatic rings. The third kappa shape index (κ3) is 3.27. The number of pyridine rings is 1. The Hall–Kier alpha value is -2.09. The van der Waals surface area contributed by atoms with Crippen LogP contribution in [0.15, 0.2) is 58.6 Å². The molecule has 0 saturated carbocycles. The average molecular weight is 303 g/mol. The van der Waals surface area contributed by atoms with Crippen LogP contribution in [-0.4, -0.2) is 19.8 Å². The molecule has 1 aromatic carbocycles. The first kappa shape index (κ1) is 14.3. The van der Waals surface area contributed by atoms with Gasteiger partial charge in [-0.25, -0.2) is 13.4 Å². The number of nitrogens with zero attached hydrogens (tertiary/aromatic N) is 1. The number of halogens is 3. The number of aromatic nitrogens is 1. The van der Waals surface area contributed by atoms with Crippen molar-refractivity contribution < 1.29 is 26.3 Å². The molecule has 4 nitrogen and oxygen atoms in total. The first-order chi connectivity index (χ1) is 9.29. The Kier molecular flexibility index (Phi) is 3.67. The highest BCUT2D eigenvalue weighted by Gasteiger charge is 2.31. The second kappa shape index (κ2) is 5.12. The lowest BCUT2D eigenvalue weighted by Crippen LogP contribution is -2.17. The predicted molar refractivity (Wildman–Crippen MR) is 62.8 cm³/mol. The normalized spacial score (nSPS) is 12.2. The average Bonchev–Trinajstić information content (AvgIpc) is 2.38. The summed E-state index contributed by atoms with van der Waals surface area (Å²) in [6, 6.07) is 8.29. The zero-order chi connectivity index (χ0) is 14.8. The fourth-order valence-electron chi connectivity index (χ4n) is 1.45. The van der Waals surface area contributed by atoms with E-state index in [4.69, 9.17) is 0 Å². The van der Waals surface area contributed by atoms with Gasteiger partial charge in [0.2, 0.25) is 9.84 Å². The fourth-order valence-corrected chi connectivity index (χ4v) is 2.64. The molecule has 0 N–H and O–H groups in total. The molecule has 106 valence electrons. The standard InChI is InChI=1S/C12H8F3NO3S/c13-12(14,15)19-9-4-6-10(7-5-9)20(17,18)11-3-1-2-8-16-11/h1-8H. The van der Waals surface area contributed by atoms with Crippen LogP contribution in [0.4, 0.5) is 13.2 Å². The lowest BCUT2D eigenvalue weighted by atomic mass is 10.3. The van der Waals surface area contributed by atoms with Crippen LogP contribution >= 0.6 is 0 Å². The van der Waals surface area contributed by atoms with E-state index in [2.05, 4.69) is 9.72 Å². The second-order valence-corrected chi connectivity index (χ2v) is 5.59. The van der Waals surface area contributed by atoms with Crippen LogP contribution in [0.25, 0.3) is 0 Å². The molecule has 0 atom stereocenters. The Morgan fingerprint density at radius 2 is 1.65 bits per heavy atom. The molecule has 0 bridgehead atoms. The van der Waals surface area contributed by atoms with Gasteiger partial charge in [-0.15, -0.1) is 13.2 Å². The van der Waals surface area contributed by atoms with Gasteiger partial charge in [-0.05, 0) is 36.4 Å². The van der Waals surface area contributed by atoms with Crippen LogP contribution in [0.3, 0.4) is 0 Å². The van der Waals surface area contributed by atoms with E-state index in [1.54, 1.807) is 6.07 Å². The molecule has 20 heavy (non-hydrogen) atoms. The van der Waals surface area contributed by atoms with E-state index in [0.717, 1.165) is 24.3 Å². The molecule has 0 unspecified atom stereocenters. The van der Waals surface area contributed by atoms with Gasteiger partial charge >= 0.3 is 6.36 Å². The summed E-state index contributed by atoms with van der Waals surface area (Å²) in [5, 5.41) is -0.176. The van der Waals surface area contributed by atoms with Gasteiger partial charge in [0.1, 0.15) is 5.75 Å². The van der Waals surface area contributed by atoms with Gasteiger partial charge in [-0.1, -0.05) is 6.07 Å². The summed E-state index contributed by atoms with van der Waals surface area (Å²) in [7, 11) is -3.85. The van der Waals surface area contributed by atoms with Crippen molar-refractivity contribution in [3.63, 3.8) is 0 Å². The molecule has 1 aromatic heterocycles. The van der Waals surface area contributed by atoms with Gasteiger partial charge in [-0.2, -0.15) is 0 Å². The van der Waals surface area contributed by atoms with E-state index in [1.807, 2.05) is 0 Å². The lowest BCUT2D eigenvalue weighted by molar-refractivity contribution is -0.274. The summed E-state index contributed by atoms with van der Waals surface area (Å²) in [6.45, 7) is 0. The Bertz CT molecular complexity index is 682. The zero-order valence-electron chi connectivity index (χ0n) is 9.83. The molecule has 0 aliphatic rings. The van der Waals surface area contributed by atoms with Crippen molar-refractivity contribution in [3.8, 4) is 5.75 Å². The quantitative estimate of drug-likeness (QED) is 0.875. The molecule has 0 radical (unpaired) electrons. The predicted octanol–water partition coefficient (Wildman–Crippen LogP) is 2.81. The molecule has 0 saturated heterocycles. The third-order valence-corrected chi connectivity index (χ3v) is 3.97. The van der Waals surface area contributed by atoms with Crippen molar-refractivity contribution >= 4 is 9.84 Å². The summed E-state index contributed by atoms with van der Waals surface area (Å²) in [5.74, 6) is -0.488. The van der Waals surface area contributed by atoms with Crippen molar-refractivity contribution in [1.82, 2.24) is 4.98 Å². The maximum Gasteiger partial charge on any atom is 0.573 e. The molecule has 0 aliphatic carbocycles. The van der Waals surface area contributed by atoms with E-state index in [0.29, 0.717) is 0 Å². The number of sulfone groups is 1. The van der Waals surface area contributed by atoms with Gasteiger partial charge in [0.05, 0.1) is 4.90 Å². The number of hydrogen-bond donors (Lipinski definition) is 0. The number of hydrogen-bond acceptors (Lipinski definition) is 4. The summed E-state index contributed by atoms with van der Waals surface area (Å²) >= 11 is 0. The van der Waals surface area contributed by atoms with Crippen LogP contribution < -0.4 is 4.74 Å². The topological polar surface area (TPSA) is 56.3 Å². The second-order valence-electron chi connectivity index (χ2n) is 3.69. The van der Waals surface area contributed by atoms with Crippen molar-refractivity contribution in [2.75, 3.05) is 0 Å². The summed E-state index contributed by atoms with van der Waals surface area (Å²) in [5.41, 5.74) is 0. The highest BCUT2D eigenvalue weighted by Crippen LogP contribution is 2.25. The van der Waals surface area contributed by atoms with E-state index in [-0.39, 0.29) is 9.92 Å². The van der Waals surface area contributed by atoms with Crippen molar-refractivity contribution in [1.29, 1.82) is 0 Å². The molecule has 0 amide bonds. The third-order valence-electron chi connectivity index (χ3n) is 2.28. The summed E-state index contributed by atoms with van der Waals surface area (Å²) in [6.07, 6.45) is -3.50. The van der Waals surface area contributed by atoms with Crippen molar-refractivity contribution in [3.05, 3.63) is 48.7 Å². The van der Waals surface area contributed by atoms with E-state index < -0.39 is 21.9 Å². The molecular formula is C12H8F3NO3S. The van der Waals surface area contributed by atoms with E-state index >= 15 is 0 Å². The van der Waals surface area contributed by atoms with E-state index in [9.17, 15) is 21.6 Å². The minimum atomic E-state index is -4.82. The molecule has 8 heteroatoms. The van der Waals surface area contributed by atoms with Gasteiger partial charge in [0.25, 0.3) is 0 Å². The van der Waals surface area contributed by atoms with E-state index in [1.165, 1.54) is 18.3 Å². The van der Waals surface area contributed by atoms with Crippen molar-refractivity contribution in [2.24, 2.45) is 0 Å². The van der Waals surface area contributed by atoms with Crippen LogP contribution in [0.5, 0.6) is 5.75 Å². The SMILES string of the molecule is O=S(=O)(c1ccc(OC(F)(F)F)cc1)c1ccccn1. The van der Waals surface area contributed by atoms with Crippen LogP contribution in [0.1, 0.15) is 0 Å². The largest absolute Gasteiger partial charge is 0.573 e. The number of benzene rings is 1. The van der Waals surface area contributed by atoms with Gasteiger partial charge in [-0.3, -0.25) is 0 Å². The molecular weight excluding hydrogens is 295 g/mol. The number of alkyl halides is 3. The van der Waals surface area contributed by atoms with Gasteiger partial charge in [0.15, 0.2) is 5.03 Å². The van der Waals surface area contributed by atoms with Gasteiger partial charge in [0, 0.05) is 6.20 Å². The lowest BCUT2D eigenvalue weighted by Gasteiger charge is -2.09. The van der Waals surface area contributed by atoms with Crippen LogP contribution in [0.2, 0.25) is 0 Å². The minimum Gasteiger partial charge on any atom is -0.406 e. The first-order valence-electron chi connectivity index (χ1n) is 5.31. The number of rotatable bonds is 3. The van der Waals surface area contributed by atoms with Crippen LogP contribution in [-0.2, 0) is 9.84 Å². The minimum absolute atomic E-state index is 0.161. The molecule has 0 aliphatic heterocycles. The Morgan fingerprint density at radius 3 is 2.15 bits per heavy atom. The maximum atomic E-state index is 12.1. The highest BCUT2D eigenvalue weighted by atomic mass is 32.2. The van der Waals surface area contributed by atoms with Gasteiger partial charge < -0.3 is 4.74 Å². The maximum absolute atomic E-state index is 12.1. The summed E-state index contributed by atoms with van der Waals surface area (Å²) < 4.78 is 63.8. The Balaban J connectivity index is 2.31. The zero-order valence-corrected chi connectivity index (χ0v) is 10.6.